The number of nitro groups is 1. The van der Waals surface area contributed by atoms with Gasteiger partial charge in [-0.05, 0) is 16.3 Å². The summed E-state index contributed by atoms with van der Waals surface area (Å²) < 4.78 is 0. The molecule has 0 radical (unpaired) electrons. The molecule has 0 fully saturated rings. The van der Waals surface area contributed by atoms with Gasteiger partial charge in [-0.1, -0.05) is 54.6 Å². The highest BCUT2D eigenvalue weighted by Crippen LogP contribution is 2.39. The first-order chi connectivity index (χ1) is 9.68. The fourth-order valence-corrected chi connectivity index (χ4v) is 2.42. The zero-order valence-electron chi connectivity index (χ0n) is 10.6. The molecule has 0 heterocycles. The summed E-state index contributed by atoms with van der Waals surface area (Å²) in [4.78, 5) is 10.7. The Bertz CT molecular complexity index is 798. The second kappa shape index (κ2) is 4.66. The summed E-state index contributed by atoms with van der Waals surface area (Å²) in [6.07, 6.45) is 0. The fourth-order valence-electron chi connectivity index (χ4n) is 2.42. The van der Waals surface area contributed by atoms with E-state index in [9.17, 15) is 10.1 Å². The highest BCUT2D eigenvalue weighted by molar-refractivity contribution is 6.05. The van der Waals surface area contributed by atoms with Crippen molar-refractivity contribution in [3.63, 3.8) is 0 Å². The number of nitrogens with two attached hydrogens (primary N) is 1. The van der Waals surface area contributed by atoms with Crippen molar-refractivity contribution in [1.82, 2.24) is 0 Å². The Hall–Kier alpha value is -2.88. The molecule has 20 heavy (non-hydrogen) atoms. The monoisotopic (exact) mass is 264 g/mol. The third-order valence-corrected chi connectivity index (χ3v) is 3.33. The molecule has 0 saturated carbocycles. The summed E-state index contributed by atoms with van der Waals surface area (Å²) in [5.41, 5.74) is 7.79. The molecular formula is C16H12N2O2. The number of benzene rings is 3. The maximum Gasteiger partial charge on any atom is 0.293 e. The van der Waals surface area contributed by atoms with Crippen molar-refractivity contribution in [2.75, 3.05) is 5.73 Å². The third-order valence-electron chi connectivity index (χ3n) is 3.33. The number of fused-ring (bicyclic) bond motifs is 1. The molecule has 4 nitrogen and oxygen atoms in total. The van der Waals surface area contributed by atoms with Crippen LogP contribution in [0, 0.1) is 10.1 Å². The van der Waals surface area contributed by atoms with Crippen LogP contribution in [0.5, 0.6) is 0 Å². The van der Waals surface area contributed by atoms with E-state index in [0.717, 1.165) is 21.9 Å². The molecule has 0 aromatic heterocycles. The maximum absolute atomic E-state index is 11.2. The standard InChI is InChI=1S/C16H12N2O2/c17-16-14(18(19)20)10-12-8-4-5-9-13(12)15(16)11-6-2-1-3-7-11/h1-10H,17H2. The number of hydrogen-bond acceptors (Lipinski definition) is 3. The quantitative estimate of drug-likeness (QED) is 0.432. The van der Waals surface area contributed by atoms with Crippen LogP contribution >= 0.6 is 0 Å². The molecule has 98 valence electrons. The maximum atomic E-state index is 11.2. The molecule has 0 spiro atoms. The van der Waals surface area contributed by atoms with E-state index in [2.05, 4.69) is 0 Å². The minimum Gasteiger partial charge on any atom is -0.393 e. The molecule has 0 saturated heterocycles. The van der Waals surface area contributed by atoms with Crippen LogP contribution in [0.15, 0.2) is 60.7 Å². The van der Waals surface area contributed by atoms with E-state index in [4.69, 9.17) is 5.73 Å². The number of nitrogens with zero attached hydrogens (tertiary/aromatic N) is 1. The molecular weight excluding hydrogens is 252 g/mol. The van der Waals surface area contributed by atoms with Crippen LogP contribution in [0.3, 0.4) is 0 Å². The Kier molecular flexibility index (Phi) is 2.84. The zero-order chi connectivity index (χ0) is 14.1. The molecule has 3 aromatic rings. The van der Waals surface area contributed by atoms with Crippen LogP contribution in [-0.2, 0) is 0 Å². The van der Waals surface area contributed by atoms with Gasteiger partial charge < -0.3 is 5.73 Å². The second-order valence-electron chi connectivity index (χ2n) is 4.53. The Morgan fingerprint density at radius 1 is 0.950 bits per heavy atom. The van der Waals surface area contributed by atoms with Gasteiger partial charge in [-0.25, -0.2) is 0 Å². The van der Waals surface area contributed by atoms with E-state index in [1.54, 1.807) is 0 Å². The fraction of sp³-hybridized carbons (Fsp3) is 0. The summed E-state index contributed by atoms with van der Waals surface area (Å²) in [5, 5.41) is 12.9. The van der Waals surface area contributed by atoms with Crippen molar-refractivity contribution in [3.8, 4) is 11.1 Å². The van der Waals surface area contributed by atoms with E-state index in [1.807, 2.05) is 54.6 Å². The summed E-state index contributed by atoms with van der Waals surface area (Å²) in [6, 6.07) is 18.6. The van der Waals surface area contributed by atoms with Crippen molar-refractivity contribution >= 4 is 22.1 Å². The van der Waals surface area contributed by atoms with E-state index in [0.29, 0.717) is 0 Å². The predicted molar refractivity (Wildman–Crippen MR) is 80.5 cm³/mol. The zero-order valence-corrected chi connectivity index (χ0v) is 10.6. The molecule has 4 heteroatoms. The van der Waals surface area contributed by atoms with Gasteiger partial charge in [0.1, 0.15) is 5.69 Å². The van der Waals surface area contributed by atoms with Crippen molar-refractivity contribution in [2.24, 2.45) is 0 Å². The highest BCUT2D eigenvalue weighted by atomic mass is 16.6. The summed E-state index contributed by atoms with van der Waals surface area (Å²) in [7, 11) is 0. The summed E-state index contributed by atoms with van der Waals surface area (Å²) >= 11 is 0. The van der Waals surface area contributed by atoms with Gasteiger partial charge in [-0.2, -0.15) is 0 Å². The largest absolute Gasteiger partial charge is 0.393 e. The average molecular weight is 264 g/mol. The van der Waals surface area contributed by atoms with Crippen molar-refractivity contribution in [3.05, 3.63) is 70.8 Å². The Morgan fingerprint density at radius 2 is 1.60 bits per heavy atom. The number of hydrogen-bond donors (Lipinski definition) is 1. The normalized spacial score (nSPS) is 10.6. The first-order valence-corrected chi connectivity index (χ1v) is 6.19. The molecule has 0 aliphatic rings. The van der Waals surface area contributed by atoms with Crippen LogP contribution in [-0.4, -0.2) is 4.92 Å². The highest BCUT2D eigenvalue weighted by Gasteiger charge is 2.19. The minimum atomic E-state index is -0.436. The molecule has 0 atom stereocenters. The lowest BCUT2D eigenvalue weighted by Gasteiger charge is -2.11. The smallest absolute Gasteiger partial charge is 0.293 e. The summed E-state index contributed by atoms with van der Waals surface area (Å²) in [5.74, 6) is 0. The Morgan fingerprint density at radius 3 is 2.30 bits per heavy atom. The minimum absolute atomic E-state index is 0.0532. The number of anilines is 1. The Balaban J connectivity index is 2.45. The third kappa shape index (κ3) is 1.87. The molecule has 0 unspecified atom stereocenters. The van der Waals surface area contributed by atoms with Gasteiger partial charge >= 0.3 is 0 Å². The predicted octanol–water partition coefficient (Wildman–Crippen LogP) is 4.00. The van der Waals surface area contributed by atoms with Gasteiger partial charge in [0.15, 0.2) is 0 Å². The van der Waals surface area contributed by atoms with Gasteiger partial charge in [-0.3, -0.25) is 10.1 Å². The number of nitrogen functional groups attached to an aromatic ring is 1. The molecule has 0 aliphatic heterocycles. The van der Waals surface area contributed by atoms with Gasteiger partial charge in [0.25, 0.3) is 5.69 Å². The van der Waals surface area contributed by atoms with Crippen molar-refractivity contribution in [2.45, 2.75) is 0 Å². The molecule has 0 aliphatic carbocycles. The van der Waals surface area contributed by atoms with Gasteiger partial charge in [0.05, 0.1) is 4.92 Å². The number of nitro benzene ring substituents is 1. The average Bonchev–Trinajstić information content (AvgIpc) is 2.47. The molecule has 0 bridgehead atoms. The number of rotatable bonds is 2. The lowest BCUT2D eigenvalue weighted by atomic mass is 9.95. The van der Waals surface area contributed by atoms with E-state index < -0.39 is 4.92 Å². The van der Waals surface area contributed by atoms with Crippen molar-refractivity contribution < 1.29 is 4.92 Å². The lowest BCUT2D eigenvalue weighted by molar-refractivity contribution is -0.383. The van der Waals surface area contributed by atoms with E-state index >= 15 is 0 Å². The van der Waals surface area contributed by atoms with Crippen LogP contribution in [0.4, 0.5) is 11.4 Å². The first-order valence-electron chi connectivity index (χ1n) is 6.19. The van der Waals surface area contributed by atoms with Crippen LogP contribution in [0.1, 0.15) is 0 Å². The first kappa shape index (κ1) is 12.2. The molecule has 3 aromatic carbocycles. The van der Waals surface area contributed by atoms with Crippen LogP contribution < -0.4 is 5.73 Å². The SMILES string of the molecule is Nc1c([N+](=O)[O-])cc2ccccc2c1-c1ccccc1. The van der Waals surface area contributed by atoms with Gasteiger partial charge in [0.2, 0.25) is 0 Å². The molecule has 0 amide bonds. The second-order valence-corrected chi connectivity index (χ2v) is 4.53. The topological polar surface area (TPSA) is 69.2 Å². The van der Waals surface area contributed by atoms with Crippen LogP contribution in [0.25, 0.3) is 21.9 Å². The van der Waals surface area contributed by atoms with E-state index in [-0.39, 0.29) is 11.4 Å². The Labute approximate surface area is 115 Å². The molecule has 3 rings (SSSR count). The van der Waals surface area contributed by atoms with Gasteiger partial charge in [0, 0.05) is 11.6 Å². The van der Waals surface area contributed by atoms with Crippen LogP contribution in [0.2, 0.25) is 0 Å². The van der Waals surface area contributed by atoms with Gasteiger partial charge in [-0.15, -0.1) is 0 Å². The summed E-state index contributed by atoms with van der Waals surface area (Å²) in [6.45, 7) is 0. The lowest BCUT2D eigenvalue weighted by Crippen LogP contribution is -1.99. The molecule has 2 N–H and O–H groups in total. The van der Waals surface area contributed by atoms with E-state index in [1.165, 1.54) is 6.07 Å². The van der Waals surface area contributed by atoms with Crippen molar-refractivity contribution in [1.29, 1.82) is 0 Å².